The number of nitrogens with two attached hydrogens (primary N) is 1. The van der Waals surface area contributed by atoms with E-state index in [0.29, 0.717) is 10.1 Å². The van der Waals surface area contributed by atoms with Gasteiger partial charge in [-0.05, 0) is 44.7 Å². The Bertz CT molecular complexity index is 463. The number of aromatic nitrogens is 2. The molecule has 0 bridgehead atoms. The Balaban J connectivity index is 1.49. The van der Waals surface area contributed by atoms with Crippen molar-refractivity contribution >= 4 is 22.4 Å². The van der Waals surface area contributed by atoms with Crippen molar-refractivity contribution in [3.05, 3.63) is 5.01 Å². The molecule has 2 aliphatic rings. The van der Waals surface area contributed by atoms with Crippen molar-refractivity contribution in [2.45, 2.75) is 25.7 Å². The molecule has 3 heterocycles. The Morgan fingerprint density at radius 3 is 2.50 bits per heavy atom. The van der Waals surface area contributed by atoms with Crippen LogP contribution in [0.4, 0.5) is 5.13 Å². The van der Waals surface area contributed by atoms with E-state index in [1.807, 2.05) is 4.90 Å². The summed E-state index contributed by atoms with van der Waals surface area (Å²) in [6.07, 6.45) is 4.87. The topological polar surface area (TPSA) is 75.3 Å². The van der Waals surface area contributed by atoms with Gasteiger partial charge in [0.2, 0.25) is 10.1 Å². The van der Waals surface area contributed by atoms with Crippen LogP contribution in [0.1, 0.15) is 35.5 Å². The van der Waals surface area contributed by atoms with Crippen molar-refractivity contribution in [2.24, 2.45) is 5.92 Å². The van der Waals surface area contributed by atoms with E-state index in [9.17, 15) is 4.79 Å². The minimum Gasteiger partial charge on any atom is -0.374 e. The standard InChI is InChI=1S/C13H21N5OS/c14-13-16-15-11(20-13)12(19)18-7-3-10(4-8-18)9-17-5-1-2-6-17/h10H,1-9H2,(H2,14,16). The van der Waals surface area contributed by atoms with Gasteiger partial charge in [0.15, 0.2) is 0 Å². The second-order valence-corrected chi connectivity index (χ2v) is 6.70. The molecular formula is C13H21N5OS. The highest BCUT2D eigenvalue weighted by atomic mass is 32.1. The van der Waals surface area contributed by atoms with Gasteiger partial charge in [0.1, 0.15) is 0 Å². The number of hydrogen-bond acceptors (Lipinski definition) is 6. The van der Waals surface area contributed by atoms with E-state index >= 15 is 0 Å². The number of carbonyl (C=O) groups excluding carboxylic acids is 1. The SMILES string of the molecule is Nc1nnc(C(=O)N2CCC(CN3CCCC3)CC2)s1. The summed E-state index contributed by atoms with van der Waals surface area (Å²) < 4.78 is 0. The van der Waals surface area contributed by atoms with Crippen molar-refractivity contribution < 1.29 is 4.79 Å². The third-order valence-electron chi connectivity index (χ3n) is 4.24. The molecule has 6 nitrogen and oxygen atoms in total. The molecule has 2 saturated heterocycles. The second kappa shape index (κ2) is 6.05. The minimum absolute atomic E-state index is 0.0150. The molecule has 2 N–H and O–H groups in total. The van der Waals surface area contributed by atoms with Gasteiger partial charge in [-0.3, -0.25) is 4.79 Å². The highest BCUT2D eigenvalue weighted by molar-refractivity contribution is 7.16. The van der Waals surface area contributed by atoms with Crippen LogP contribution in [-0.2, 0) is 0 Å². The number of piperidine rings is 1. The molecule has 0 atom stereocenters. The van der Waals surface area contributed by atoms with Crippen molar-refractivity contribution in [1.82, 2.24) is 20.0 Å². The number of anilines is 1. The van der Waals surface area contributed by atoms with Gasteiger partial charge < -0.3 is 15.5 Å². The maximum Gasteiger partial charge on any atom is 0.284 e. The first-order valence-corrected chi connectivity index (χ1v) is 8.14. The number of likely N-dealkylation sites (tertiary alicyclic amines) is 2. The first-order chi connectivity index (χ1) is 9.72. The maximum absolute atomic E-state index is 12.2. The van der Waals surface area contributed by atoms with Crippen molar-refractivity contribution in [3.8, 4) is 0 Å². The number of nitrogens with zero attached hydrogens (tertiary/aromatic N) is 4. The maximum atomic E-state index is 12.2. The highest BCUT2D eigenvalue weighted by Gasteiger charge is 2.27. The summed E-state index contributed by atoms with van der Waals surface area (Å²) in [5, 5.41) is 8.32. The van der Waals surface area contributed by atoms with E-state index in [4.69, 9.17) is 5.73 Å². The third kappa shape index (κ3) is 3.09. The van der Waals surface area contributed by atoms with Gasteiger partial charge in [-0.15, -0.1) is 10.2 Å². The van der Waals surface area contributed by atoms with Gasteiger partial charge in [-0.2, -0.15) is 0 Å². The fraction of sp³-hybridized carbons (Fsp3) is 0.769. The van der Waals surface area contributed by atoms with E-state index in [-0.39, 0.29) is 5.91 Å². The first kappa shape index (κ1) is 13.8. The summed E-state index contributed by atoms with van der Waals surface area (Å²) in [6, 6.07) is 0. The van der Waals surface area contributed by atoms with Gasteiger partial charge in [0, 0.05) is 19.6 Å². The van der Waals surface area contributed by atoms with E-state index < -0.39 is 0 Å². The Labute approximate surface area is 123 Å². The van der Waals surface area contributed by atoms with Crippen LogP contribution in [0, 0.1) is 5.92 Å². The molecule has 3 rings (SSSR count). The molecular weight excluding hydrogens is 274 g/mol. The number of nitrogen functional groups attached to an aromatic ring is 1. The van der Waals surface area contributed by atoms with Crippen LogP contribution in [0.3, 0.4) is 0 Å². The summed E-state index contributed by atoms with van der Waals surface area (Å²) in [4.78, 5) is 16.7. The Kier molecular flexibility index (Phi) is 4.16. The average Bonchev–Trinajstić information content (AvgIpc) is 3.10. The van der Waals surface area contributed by atoms with Gasteiger partial charge >= 0.3 is 0 Å². The predicted molar refractivity (Wildman–Crippen MR) is 78.6 cm³/mol. The lowest BCUT2D eigenvalue weighted by Crippen LogP contribution is -2.41. The molecule has 110 valence electrons. The Hall–Kier alpha value is -1.21. The lowest BCUT2D eigenvalue weighted by Gasteiger charge is -2.33. The predicted octanol–water partition coefficient (Wildman–Crippen LogP) is 1.07. The van der Waals surface area contributed by atoms with Crippen LogP contribution in [0.2, 0.25) is 0 Å². The monoisotopic (exact) mass is 295 g/mol. The Morgan fingerprint density at radius 1 is 1.20 bits per heavy atom. The summed E-state index contributed by atoms with van der Waals surface area (Å²) >= 11 is 1.17. The lowest BCUT2D eigenvalue weighted by molar-refractivity contribution is 0.0671. The van der Waals surface area contributed by atoms with Gasteiger partial charge in [-0.25, -0.2) is 0 Å². The zero-order valence-electron chi connectivity index (χ0n) is 11.6. The second-order valence-electron chi connectivity index (χ2n) is 5.69. The number of carbonyl (C=O) groups is 1. The van der Waals surface area contributed by atoms with Crippen molar-refractivity contribution in [3.63, 3.8) is 0 Å². The quantitative estimate of drug-likeness (QED) is 0.902. The van der Waals surface area contributed by atoms with Crippen LogP contribution in [0.15, 0.2) is 0 Å². The van der Waals surface area contributed by atoms with Gasteiger partial charge in [0.05, 0.1) is 0 Å². The molecule has 0 radical (unpaired) electrons. The first-order valence-electron chi connectivity index (χ1n) is 7.33. The van der Waals surface area contributed by atoms with E-state index in [1.165, 1.54) is 43.8 Å². The van der Waals surface area contributed by atoms with Crippen LogP contribution in [-0.4, -0.2) is 58.6 Å². The van der Waals surface area contributed by atoms with Gasteiger partial charge in [0.25, 0.3) is 5.91 Å². The third-order valence-corrected chi connectivity index (χ3v) is 4.98. The van der Waals surface area contributed by atoms with Crippen LogP contribution in [0.5, 0.6) is 0 Å². The highest BCUT2D eigenvalue weighted by Crippen LogP contribution is 2.22. The van der Waals surface area contributed by atoms with E-state index in [0.717, 1.165) is 31.8 Å². The molecule has 1 aromatic heterocycles. The zero-order valence-corrected chi connectivity index (χ0v) is 12.4. The normalized spacial score (nSPS) is 21.5. The Morgan fingerprint density at radius 2 is 1.90 bits per heavy atom. The zero-order chi connectivity index (χ0) is 13.9. The summed E-state index contributed by atoms with van der Waals surface area (Å²) in [6.45, 7) is 5.37. The molecule has 2 fully saturated rings. The molecule has 0 saturated carbocycles. The summed E-state index contributed by atoms with van der Waals surface area (Å²) in [7, 11) is 0. The molecule has 2 aliphatic heterocycles. The minimum atomic E-state index is -0.0150. The molecule has 0 aromatic carbocycles. The molecule has 7 heteroatoms. The molecule has 1 amide bonds. The molecule has 0 spiro atoms. The van der Waals surface area contributed by atoms with E-state index in [1.54, 1.807) is 0 Å². The van der Waals surface area contributed by atoms with Crippen LogP contribution in [0.25, 0.3) is 0 Å². The number of hydrogen-bond donors (Lipinski definition) is 1. The van der Waals surface area contributed by atoms with Crippen LogP contribution >= 0.6 is 11.3 Å². The summed E-state index contributed by atoms with van der Waals surface area (Å²) in [5.41, 5.74) is 5.53. The largest absolute Gasteiger partial charge is 0.374 e. The number of rotatable bonds is 3. The molecule has 20 heavy (non-hydrogen) atoms. The smallest absolute Gasteiger partial charge is 0.284 e. The lowest BCUT2D eigenvalue weighted by atomic mass is 9.96. The molecule has 1 aromatic rings. The number of amides is 1. The van der Waals surface area contributed by atoms with Crippen molar-refractivity contribution in [1.29, 1.82) is 0 Å². The van der Waals surface area contributed by atoms with Crippen LogP contribution < -0.4 is 5.73 Å². The average molecular weight is 295 g/mol. The van der Waals surface area contributed by atoms with E-state index in [2.05, 4.69) is 15.1 Å². The molecule has 0 aliphatic carbocycles. The van der Waals surface area contributed by atoms with Gasteiger partial charge in [-0.1, -0.05) is 11.3 Å². The fourth-order valence-corrected chi connectivity index (χ4v) is 3.68. The fourth-order valence-electron chi connectivity index (χ4n) is 3.11. The molecule has 0 unspecified atom stereocenters. The van der Waals surface area contributed by atoms with Crippen molar-refractivity contribution in [2.75, 3.05) is 38.5 Å². The summed E-state index contributed by atoms with van der Waals surface area (Å²) in [5.74, 6) is 0.718.